The summed E-state index contributed by atoms with van der Waals surface area (Å²) in [6, 6.07) is 24.1. The second-order valence-electron chi connectivity index (χ2n) is 7.79. The maximum Gasteiger partial charge on any atom is 0.336 e. The molecule has 6 rings (SSSR count). The molecular weight excluding hydrogens is 425 g/mol. The number of rotatable bonds is 2. The predicted octanol–water partition coefficient (Wildman–Crippen LogP) is 4.88. The summed E-state index contributed by atoms with van der Waals surface area (Å²) in [5.41, 5.74) is 3.33. The number of para-hydroxylation sites is 1. The highest BCUT2D eigenvalue weighted by Gasteiger charge is 2.57. The molecule has 1 amide bonds. The third-order valence-corrected chi connectivity index (χ3v) is 6.95. The molecule has 1 spiro atoms. The number of carbonyl (C=O) groups is 1. The van der Waals surface area contributed by atoms with Crippen LogP contribution in [0.1, 0.15) is 29.2 Å². The minimum atomic E-state index is -1.23. The van der Waals surface area contributed by atoms with E-state index in [1.54, 1.807) is 24.3 Å². The maximum atomic E-state index is 14.2. The predicted molar refractivity (Wildman–Crippen MR) is 122 cm³/mol. The lowest BCUT2D eigenvalue weighted by molar-refractivity contribution is -0.127. The second kappa shape index (κ2) is 7.24. The van der Waals surface area contributed by atoms with Crippen molar-refractivity contribution in [3.05, 3.63) is 106 Å². The van der Waals surface area contributed by atoms with Crippen LogP contribution in [0, 0.1) is 5.82 Å². The van der Waals surface area contributed by atoms with E-state index in [0.717, 1.165) is 16.8 Å². The Bertz CT molecular complexity index is 1290. The van der Waals surface area contributed by atoms with E-state index >= 15 is 0 Å². The number of amides is 1. The van der Waals surface area contributed by atoms with Crippen molar-refractivity contribution in [1.29, 1.82) is 0 Å². The van der Waals surface area contributed by atoms with Crippen molar-refractivity contribution in [3.63, 3.8) is 0 Å². The smallest absolute Gasteiger partial charge is 0.336 e. The van der Waals surface area contributed by atoms with Crippen LogP contribution in [0.25, 0.3) is 6.08 Å². The number of benzene rings is 3. The molecule has 158 valence electrons. The van der Waals surface area contributed by atoms with Gasteiger partial charge in [0.1, 0.15) is 11.6 Å². The van der Waals surface area contributed by atoms with Gasteiger partial charge in [0.15, 0.2) is 0 Å². The Balaban J connectivity index is 1.44. The first-order valence-electron chi connectivity index (χ1n) is 10.3. The quantitative estimate of drug-likeness (QED) is 0.574. The van der Waals surface area contributed by atoms with Crippen molar-refractivity contribution < 1.29 is 13.9 Å². The molecule has 0 aromatic heterocycles. The van der Waals surface area contributed by atoms with Crippen molar-refractivity contribution >= 4 is 29.5 Å². The summed E-state index contributed by atoms with van der Waals surface area (Å²) in [7, 11) is 0. The number of hydrogen-bond acceptors (Lipinski definition) is 5. The molecule has 32 heavy (non-hydrogen) atoms. The summed E-state index contributed by atoms with van der Waals surface area (Å²) in [6.45, 7) is 0. The first-order chi connectivity index (χ1) is 15.6. The van der Waals surface area contributed by atoms with Gasteiger partial charge >= 0.3 is 5.18 Å². The fraction of sp³-hybridized carbons (Fsp3) is 0.120. The normalized spacial score (nSPS) is 24.7. The number of fused-ring (bicyclic) bond motifs is 4. The molecule has 2 unspecified atom stereocenters. The van der Waals surface area contributed by atoms with Gasteiger partial charge in [0, 0.05) is 17.5 Å². The van der Waals surface area contributed by atoms with E-state index in [-0.39, 0.29) is 17.8 Å². The van der Waals surface area contributed by atoms with Gasteiger partial charge in [0.05, 0.1) is 16.7 Å². The van der Waals surface area contributed by atoms with Gasteiger partial charge in [-0.3, -0.25) is 10.1 Å². The van der Waals surface area contributed by atoms with E-state index in [1.165, 1.54) is 17.8 Å². The molecule has 0 aliphatic carbocycles. The third-order valence-electron chi connectivity index (χ3n) is 5.78. The summed E-state index contributed by atoms with van der Waals surface area (Å²) in [6.07, 6.45) is 2.25. The highest BCUT2D eigenvalue weighted by atomic mass is 32.2. The summed E-state index contributed by atoms with van der Waals surface area (Å²) >= 11 is 1.21. The summed E-state index contributed by atoms with van der Waals surface area (Å²) < 4.78 is 20.6. The van der Waals surface area contributed by atoms with Gasteiger partial charge in [-0.2, -0.15) is 5.10 Å². The number of halogens is 1. The fourth-order valence-corrected chi connectivity index (χ4v) is 5.44. The molecule has 3 aromatic carbocycles. The molecule has 0 saturated carbocycles. The van der Waals surface area contributed by atoms with E-state index in [1.807, 2.05) is 59.6 Å². The molecule has 7 heteroatoms. The van der Waals surface area contributed by atoms with Crippen LogP contribution in [0.5, 0.6) is 5.75 Å². The van der Waals surface area contributed by atoms with Crippen molar-refractivity contribution in [2.45, 2.75) is 17.6 Å². The molecule has 3 aliphatic rings. The Kier molecular flexibility index (Phi) is 4.33. The highest BCUT2D eigenvalue weighted by Crippen LogP contribution is 2.53. The average Bonchev–Trinajstić information content (AvgIpc) is 3.39. The molecule has 3 aromatic rings. The van der Waals surface area contributed by atoms with Crippen LogP contribution in [-0.2, 0) is 4.79 Å². The monoisotopic (exact) mass is 443 g/mol. The molecule has 2 atom stereocenters. The molecule has 3 aliphatic heterocycles. The molecule has 3 heterocycles. The van der Waals surface area contributed by atoms with Gasteiger partial charge < -0.3 is 4.74 Å². The van der Waals surface area contributed by atoms with Gasteiger partial charge in [-0.15, -0.1) is 0 Å². The van der Waals surface area contributed by atoms with Crippen LogP contribution in [0.2, 0.25) is 0 Å². The minimum Gasteiger partial charge on any atom is -0.439 e. The van der Waals surface area contributed by atoms with E-state index in [4.69, 9.17) is 9.84 Å². The van der Waals surface area contributed by atoms with Crippen molar-refractivity contribution in [1.82, 2.24) is 10.3 Å². The maximum absolute atomic E-state index is 14.2. The van der Waals surface area contributed by atoms with Crippen molar-refractivity contribution in [2.24, 2.45) is 5.10 Å². The Morgan fingerprint density at radius 3 is 2.66 bits per heavy atom. The summed E-state index contributed by atoms with van der Waals surface area (Å²) in [5, 5.41) is 8.47. The highest BCUT2D eigenvalue weighted by molar-refractivity contribution is 8.05. The largest absolute Gasteiger partial charge is 0.439 e. The molecule has 0 radical (unpaired) electrons. The van der Waals surface area contributed by atoms with Crippen molar-refractivity contribution in [3.8, 4) is 5.75 Å². The lowest BCUT2D eigenvalue weighted by atomic mass is 9.97. The van der Waals surface area contributed by atoms with Crippen LogP contribution < -0.4 is 10.1 Å². The van der Waals surface area contributed by atoms with Gasteiger partial charge in [-0.1, -0.05) is 66.7 Å². The molecule has 5 nitrogen and oxygen atoms in total. The standard InChI is InChI=1S/C25H18FN3O2S/c26-19-12-6-4-10-17(19)14-23-24(30)27-25(32-23)29-21(18-11-5-7-13-22(18)31-25)15-20(28-29)16-8-2-1-3-9-16/h1-14,21H,15H2,(H,27,30). The molecule has 1 saturated heterocycles. The number of nitrogens with zero attached hydrogens (tertiary/aromatic N) is 2. The number of hydrazone groups is 1. The lowest BCUT2D eigenvalue weighted by Gasteiger charge is -2.43. The topological polar surface area (TPSA) is 53.9 Å². The summed E-state index contributed by atoms with van der Waals surface area (Å²) in [4.78, 5) is 13.3. The van der Waals surface area contributed by atoms with Crippen LogP contribution in [0.3, 0.4) is 0 Å². The van der Waals surface area contributed by atoms with E-state index in [2.05, 4.69) is 5.32 Å². The van der Waals surface area contributed by atoms with Crippen LogP contribution in [0.15, 0.2) is 88.9 Å². The SMILES string of the molecule is O=C1NC2(Oc3ccccc3C3CC(c4ccccc4)=NN32)SC1=Cc1ccccc1F. The summed E-state index contributed by atoms with van der Waals surface area (Å²) in [5.74, 6) is 0.00522. The number of nitrogens with one attached hydrogen (secondary N) is 1. The zero-order chi connectivity index (χ0) is 21.7. The Labute approximate surface area is 188 Å². The van der Waals surface area contributed by atoms with Gasteiger partial charge in [-0.05, 0) is 35.5 Å². The Morgan fingerprint density at radius 1 is 1.06 bits per heavy atom. The lowest BCUT2D eigenvalue weighted by Crippen LogP contribution is -2.58. The Morgan fingerprint density at radius 2 is 1.81 bits per heavy atom. The van der Waals surface area contributed by atoms with E-state index < -0.39 is 5.18 Å². The van der Waals surface area contributed by atoms with Gasteiger partial charge in [0.2, 0.25) is 0 Å². The number of thioether (sulfide) groups is 1. The zero-order valence-corrected chi connectivity index (χ0v) is 17.7. The molecule has 1 N–H and O–H groups in total. The van der Waals surface area contributed by atoms with Crippen LogP contribution in [0.4, 0.5) is 4.39 Å². The fourth-order valence-electron chi connectivity index (χ4n) is 4.28. The molecular formula is C25H18FN3O2S. The number of carbonyl (C=O) groups excluding carboxylic acids is 1. The Hall–Kier alpha value is -3.58. The van der Waals surface area contributed by atoms with Gasteiger partial charge in [0.25, 0.3) is 5.91 Å². The van der Waals surface area contributed by atoms with Crippen LogP contribution >= 0.6 is 11.8 Å². The van der Waals surface area contributed by atoms with Crippen molar-refractivity contribution in [2.75, 3.05) is 0 Å². The molecule has 1 fully saturated rings. The first-order valence-corrected chi connectivity index (χ1v) is 11.1. The minimum absolute atomic E-state index is 0.0873. The number of hydrogen-bond donors (Lipinski definition) is 1. The van der Waals surface area contributed by atoms with Gasteiger partial charge in [-0.25, -0.2) is 9.40 Å². The van der Waals surface area contributed by atoms with Crippen LogP contribution in [-0.4, -0.2) is 21.8 Å². The van der Waals surface area contributed by atoms with E-state index in [9.17, 15) is 9.18 Å². The average molecular weight is 444 g/mol. The third kappa shape index (κ3) is 3.00. The first kappa shape index (κ1) is 19.1. The van der Waals surface area contributed by atoms with E-state index in [0.29, 0.717) is 22.6 Å². The number of ether oxygens (including phenoxy) is 1. The zero-order valence-electron chi connectivity index (χ0n) is 16.9. The second-order valence-corrected chi connectivity index (χ2v) is 8.98. The molecule has 0 bridgehead atoms.